The lowest BCUT2D eigenvalue weighted by molar-refractivity contribution is -0.142. The molecule has 2 aromatic carbocycles. The molecule has 0 aliphatic carbocycles. The van der Waals surface area contributed by atoms with E-state index in [0.29, 0.717) is 35.9 Å². The van der Waals surface area contributed by atoms with Crippen LogP contribution in [0.4, 0.5) is 4.39 Å². The van der Waals surface area contributed by atoms with Crippen LogP contribution in [0.15, 0.2) is 36.4 Å². The van der Waals surface area contributed by atoms with E-state index in [2.05, 4.69) is 0 Å². The summed E-state index contributed by atoms with van der Waals surface area (Å²) in [6, 6.07) is 9.31. The Kier molecular flexibility index (Phi) is 6.65. The van der Waals surface area contributed by atoms with E-state index in [4.69, 9.17) is 21.1 Å². The van der Waals surface area contributed by atoms with Crippen LogP contribution in [0.1, 0.15) is 24.0 Å². The molecule has 1 fully saturated rings. The summed E-state index contributed by atoms with van der Waals surface area (Å²) >= 11 is 6.18. The van der Waals surface area contributed by atoms with Crippen molar-refractivity contribution in [1.29, 1.82) is 0 Å². The average Bonchev–Trinajstić information content (AvgIpc) is 2.69. The van der Waals surface area contributed by atoms with Gasteiger partial charge in [-0.25, -0.2) is 4.39 Å². The Morgan fingerprint density at radius 1 is 1.21 bits per heavy atom. The predicted molar refractivity (Wildman–Crippen MR) is 109 cm³/mol. The van der Waals surface area contributed by atoms with E-state index in [1.165, 1.54) is 18.2 Å². The zero-order valence-electron chi connectivity index (χ0n) is 16.6. The molecule has 1 saturated heterocycles. The topological polar surface area (TPSA) is 59.0 Å². The molecule has 0 bridgehead atoms. The van der Waals surface area contributed by atoms with Gasteiger partial charge in [-0.05, 0) is 62.1 Å². The maximum absolute atomic E-state index is 13.2. The lowest BCUT2D eigenvalue weighted by atomic mass is 9.93. The van der Waals surface area contributed by atoms with Crippen LogP contribution in [0.5, 0.6) is 11.5 Å². The molecule has 1 atom stereocenters. The maximum atomic E-state index is 13.2. The van der Waals surface area contributed by atoms with Crippen LogP contribution in [0.25, 0.3) is 0 Å². The summed E-state index contributed by atoms with van der Waals surface area (Å²) in [5, 5.41) is 11.6. The molecule has 1 heterocycles. The number of halogens is 2. The number of piperidine rings is 1. The van der Waals surface area contributed by atoms with Gasteiger partial charge in [0, 0.05) is 17.6 Å². The lowest BCUT2D eigenvalue weighted by Crippen LogP contribution is -2.54. The summed E-state index contributed by atoms with van der Waals surface area (Å²) in [7, 11) is 0. The van der Waals surface area contributed by atoms with Gasteiger partial charge in [0.15, 0.2) is 6.61 Å². The first kappa shape index (κ1) is 21.4. The number of nitrogens with zero attached hydrogens (tertiary/aromatic N) is 1. The van der Waals surface area contributed by atoms with Gasteiger partial charge in [-0.1, -0.05) is 17.7 Å². The standard InChI is InChI=1S/C22H25ClFNO4/c1-15-9-19(10-16(2)21(15)23)29-14-22(27)7-4-8-25(13-22)20(26)12-28-18-6-3-5-17(24)11-18/h3,5-6,9-11,27H,4,7-8,12-14H2,1-2H3. The number of hydrogen-bond acceptors (Lipinski definition) is 4. The fourth-order valence-corrected chi connectivity index (χ4v) is 3.55. The number of aliphatic hydroxyl groups is 1. The molecule has 1 N–H and O–H groups in total. The Balaban J connectivity index is 1.56. The summed E-state index contributed by atoms with van der Waals surface area (Å²) in [6.45, 7) is 4.35. The first-order chi connectivity index (χ1) is 13.8. The van der Waals surface area contributed by atoms with E-state index in [1.54, 1.807) is 11.0 Å². The molecule has 1 aliphatic heterocycles. The molecule has 0 radical (unpaired) electrons. The van der Waals surface area contributed by atoms with Gasteiger partial charge in [0.05, 0.1) is 6.54 Å². The minimum absolute atomic E-state index is 0.0715. The van der Waals surface area contributed by atoms with Gasteiger partial charge in [0.2, 0.25) is 0 Å². The SMILES string of the molecule is Cc1cc(OCC2(O)CCCN(C(=O)COc3cccc(F)c3)C2)cc(C)c1Cl. The van der Waals surface area contributed by atoms with Crippen LogP contribution in [-0.4, -0.2) is 47.8 Å². The van der Waals surface area contributed by atoms with Crippen molar-refractivity contribution in [3.63, 3.8) is 0 Å². The molecule has 1 amide bonds. The van der Waals surface area contributed by atoms with E-state index < -0.39 is 11.4 Å². The van der Waals surface area contributed by atoms with Crippen molar-refractivity contribution >= 4 is 17.5 Å². The number of carbonyl (C=O) groups is 1. The number of ether oxygens (including phenoxy) is 2. The van der Waals surface area contributed by atoms with Crippen molar-refractivity contribution in [3.8, 4) is 11.5 Å². The van der Waals surface area contributed by atoms with Crippen LogP contribution in [0.2, 0.25) is 5.02 Å². The molecule has 156 valence electrons. The van der Waals surface area contributed by atoms with Crippen molar-refractivity contribution in [3.05, 3.63) is 58.4 Å². The number of amides is 1. The smallest absolute Gasteiger partial charge is 0.260 e. The fourth-order valence-electron chi connectivity index (χ4n) is 3.44. The van der Waals surface area contributed by atoms with Crippen LogP contribution >= 0.6 is 11.6 Å². The molecule has 0 aromatic heterocycles. The Morgan fingerprint density at radius 3 is 2.62 bits per heavy atom. The van der Waals surface area contributed by atoms with Gasteiger partial charge in [-0.15, -0.1) is 0 Å². The van der Waals surface area contributed by atoms with E-state index >= 15 is 0 Å². The van der Waals surface area contributed by atoms with Crippen LogP contribution in [-0.2, 0) is 4.79 Å². The molecular weight excluding hydrogens is 397 g/mol. The molecule has 1 unspecified atom stereocenters. The molecule has 5 nitrogen and oxygen atoms in total. The number of likely N-dealkylation sites (tertiary alicyclic amines) is 1. The molecule has 3 rings (SSSR count). The van der Waals surface area contributed by atoms with Gasteiger partial charge in [-0.2, -0.15) is 0 Å². The van der Waals surface area contributed by atoms with Crippen molar-refractivity contribution in [2.45, 2.75) is 32.3 Å². The van der Waals surface area contributed by atoms with Gasteiger partial charge < -0.3 is 19.5 Å². The second-order valence-corrected chi connectivity index (χ2v) is 7.93. The summed E-state index contributed by atoms with van der Waals surface area (Å²) < 4.78 is 24.4. The van der Waals surface area contributed by atoms with Crippen molar-refractivity contribution < 1.29 is 23.8 Å². The summed E-state index contributed by atoms with van der Waals surface area (Å²) in [4.78, 5) is 14.0. The summed E-state index contributed by atoms with van der Waals surface area (Å²) in [5.74, 6) is 0.246. The van der Waals surface area contributed by atoms with Crippen molar-refractivity contribution in [2.24, 2.45) is 0 Å². The van der Waals surface area contributed by atoms with Gasteiger partial charge >= 0.3 is 0 Å². The zero-order valence-corrected chi connectivity index (χ0v) is 17.3. The summed E-state index contributed by atoms with van der Waals surface area (Å²) in [5.41, 5.74) is 0.668. The molecule has 2 aromatic rings. The van der Waals surface area contributed by atoms with E-state index in [9.17, 15) is 14.3 Å². The van der Waals surface area contributed by atoms with E-state index in [1.807, 2.05) is 26.0 Å². The van der Waals surface area contributed by atoms with Crippen molar-refractivity contribution in [2.75, 3.05) is 26.3 Å². The number of benzene rings is 2. The molecular formula is C22H25ClFNO4. The van der Waals surface area contributed by atoms with E-state index in [-0.39, 0.29) is 25.7 Å². The highest BCUT2D eigenvalue weighted by Gasteiger charge is 2.36. The number of aryl methyl sites for hydroxylation is 2. The lowest BCUT2D eigenvalue weighted by Gasteiger charge is -2.38. The van der Waals surface area contributed by atoms with E-state index in [0.717, 1.165) is 11.1 Å². The summed E-state index contributed by atoms with van der Waals surface area (Å²) in [6.07, 6.45) is 1.19. The maximum Gasteiger partial charge on any atom is 0.260 e. The van der Waals surface area contributed by atoms with Crippen LogP contribution in [0, 0.1) is 19.7 Å². The quantitative estimate of drug-likeness (QED) is 0.768. The molecule has 29 heavy (non-hydrogen) atoms. The molecule has 0 spiro atoms. The fraction of sp³-hybridized carbons (Fsp3) is 0.409. The van der Waals surface area contributed by atoms with Crippen molar-refractivity contribution in [1.82, 2.24) is 4.90 Å². The normalized spacial score (nSPS) is 19.1. The minimum Gasteiger partial charge on any atom is -0.491 e. The predicted octanol–water partition coefficient (Wildman–Crippen LogP) is 3.91. The molecule has 7 heteroatoms. The Bertz CT molecular complexity index is 868. The number of rotatable bonds is 6. The highest BCUT2D eigenvalue weighted by atomic mass is 35.5. The second kappa shape index (κ2) is 9.01. The monoisotopic (exact) mass is 421 g/mol. The zero-order chi connectivity index (χ0) is 21.0. The van der Waals surface area contributed by atoms with Crippen LogP contribution < -0.4 is 9.47 Å². The minimum atomic E-state index is -1.14. The highest BCUT2D eigenvalue weighted by molar-refractivity contribution is 6.32. The molecule has 1 aliphatic rings. The number of β-amino-alcohol motifs (C(OH)–C–C–N with tert-alkyl or cyclic N) is 1. The van der Waals surface area contributed by atoms with Gasteiger partial charge in [0.25, 0.3) is 5.91 Å². The number of carbonyl (C=O) groups excluding carboxylic acids is 1. The van der Waals surface area contributed by atoms with Gasteiger partial charge in [-0.3, -0.25) is 4.79 Å². The largest absolute Gasteiger partial charge is 0.491 e. The third-order valence-corrected chi connectivity index (χ3v) is 5.58. The Hall–Kier alpha value is -2.31. The first-order valence-corrected chi connectivity index (χ1v) is 9.92. The first-order valence-electron chi connectivity index (χ1n) is 9.54. The third kappa shape index (κ3) is 5.61. The highest BCUT2D eigenvalue weighted by Crippen LogP contribution is 2.28. The van der Waals surface area contributed by atoms with Crippen LogP contribution in [0.3, 0.4) is 0 Å². The molecule has 0 saturated carbocycles. The van der Waals surface area contributed by atoms with Gasteiger partial charge in [0.1, 0.15) is 29.5 Å². The third-order valence-electron chi connectivity index (χ3n) is 4.98. The average molecular weight is 422 g/mol. The Morgan fingerprint density at radius 2 is 1.93 bits per heavy atom. The number of hydrogen-bond donors (Lipinski definition) is 1. The Labute approximate surface area is 175 Å². The second-order valence-electron chi connectivity index (χ2n) is 7.55.